The van der Waals surface area contributed by atoms with Gasteiger partial charge in [0, 0.05) is 59.6 Å². The lowest BCUT2D eigenvalue weighted by Crippen LogP contribution is -2.45. The lowest BCUT2D eigenvalue weighted by molar-refractivity contribution is -0.137. The largest absolute Gasteiger partial charge is 0.459 e. The van der Waals surface area contributed by atoms with Crippen LogP contribution >= 0.6 is 15.9 Å². The molecule has 0 aliphatic carbocycles. The van der Waals surface area contributed by atoms with E-state index in [4.69, 9.17) is 4.42 Å². The Morgan fingerprint density at radius 3 is 2.66 bits per heavy atom. The van der Waals surface area contributed by atoms with E-state index in [9.17, 15) is 9.59 Å². The first-order valence-electron chi connectivity index (χ1n) is 10.0. The number of amides is 2. The van der Waals surface area contributed by atoms with Gasteiger partial charge in [-0.05, 0) is 47.0 Å². The smallest absolute Gasteiger partial charge is 0.289 e. The number of likely N-dealkylation sites (tertiary alicyclic amines) is 1. The number of carbonyl (C=O) groups is 2. The van der Waals surface area contributed by atoms with Gasteiger partial charge in [-0.25, -0.2) is 0 Å². The molecule has 0 spiro atoms. The molecule has 0 atom stereocenters. The zero-order chi connectivity index (χ0) is 20.0. The van der Waals surface area contributed by atoms with Crippen molar-refractivity contribution in [2.45, 2.75) is 25.8 Å². The van der Waals surface area contributed by atoms with Crippen LogP contribution < -0.4 is 0 Å². The Morgan fingerprint density at radius 1 is 1.07 bits per heavy atom. The van der Waals surface area contributed by atoms with Gasteiger partial charge in [0.05, 0.1) is 11.8 Å². The van der Waals surface area contributed by atoms with E-state index in [0.29, 0.717) is 38.2 Å². The average Bonchev–Trinajstić information content (AvgIpc) is 3.41. The SMILES string of the molecule is O=C(c1ccco1)N1CCC(C(=O)N2CCc3[nH]c4c(Br)cccc4c3C2)CC1. The summed E-state index contributed by atoms with van der Waals surface area (Å²) in [6.45, 7) is 2.57. The van der Waals surface area contributed by atoms with Gasteiger partial charge >= 0.3 is 0 Å². The molecule has 2 aromatic heterocycles. The van der Waals surface area contributed by atoms with Crippen LogP contribution in [0.25, 0.3) is 10.9 Å². The van der Waals surface area contributed by atoms with Crippen molar-refractivity contribution in [3.8, 4) is 0 Å². The Bertz CT molecular complexity index is 1060. The molecule has 0 radical (unpaired) electrons. The third-order valence-electron chi connectivity index (χ3n) is 6.13. The highest BCUT2D eigenvalue weighted by Gasteiger charge is 2.33. The molecule has 5 rings (SSSR count). The molecule has 2 aliphatic rings. The third-order valence-corrected chi connectivity index (χ3v) is 6.80. The van der Waals surface area contributed by atoms with Gasteiger partial charge in [-0.2, -0.15) is 0 Å². The summed E-state index contributed by atoms with van der Waals surface area (Å²) in [4.78, 5) is 32.9. The first kappa shape index (κ1) is 18.5. The lowest BCUT2D eigenvalue weighted by Gasteiger charge is -2.35. The van der Waals surface area contributed by atoms with Gasteiger partial charge < -0.3 is 19.2 Å². The molecule has 1 fully saturated rings. The Hall–Kier alpha value is -2.54. The first-order chi connectivity index (χ1) is 14.1. The summed E-state index contributed by atoms with van der Waals surface area (Å²) in [6.07, 6.45) is 3.76. The normalized spacial score (nSPS) is 17.6. The molecular weight excluding hydrogens is 434 g/mol. The number of benzene rings is 1. The van der Waals surface area contributed by atoms with E-state index in [0.717, 1.165) is 23.0 Å². The van der Waals surface area contributed by atoms with Crippen molar-refractivity contribution in [3.63, 3.8) is 0 Å². The number of aromatic nitrogens is 1. The number of piperidine rings is 1. The van der Waals surface area contributed by atoms with Crippen molar-refractivity contribution in [2.24, 2.45) is 5.92 Å². The second-order valence-corrected chi connectivity index (χ2v) is 8.65. The molecule has 1 aromatic carbocycles. The molecule has 1 N–H and O–H groups in total. The highest BCUT2D eigenvalue weighted by atomic mass is 79.9. The van der Waals surface area contributed by atoms with Gasteiger partial charge in [-0.15, -0.1) is 0 Å². The maximum absolute atomic E-state index is 13.2. The van der Waals surface area contributed by atoms with Crippen molar-refractivity contribution in [1.82, 2.24) is 14.8 Å². The van der Waals surface area contributed by atoms with Gasteiger partial charge in [0.25, 0.3) is 5.91 Å². The molecule has 7 heteroatoms. The fraction of sp³-hybridized carbons (Fsp3) is 0.364. The molecule has 2 amide bonds. The van der Waals surface area contributed by atoms with Gasteiger partial charge in [0.15, 0.2) is 5.76 Å². The van der Waals surface area contributed by atoms with Crippen molar-refractivity contribution < 1.29 is 14.0 Å². The summed E-state index contributed by atoms with van der Waals surface area (Å²) >= 11 is 3.61. The first-order valence-corrected chi connectivity index (χ1v) is 10.8. The highest BCUT2D eigenvalue weighted by molar-refractivity contribution is 9.10. The number of H-pyrrole nitrogens is 1. The molecule has 3 aromatic rings. The van der Waals surface area contributed by atoms with E-state index in [-0.39, 0.29) is 17.7 Å². The van der Waals surface area contributed by atoms with Crippen LogP contribution in [0.1, 0.15) is 34.7 Å². The van der Waals surface area contributed by atoms with Crippen LogP contribution in [0.2, 0.25) is 0 Å². The number of halogens is 1. The van der Waals surface area contributed by atoms with E-state index in [1.165, 1.54) is 22.9 Å². The summed E-state index contributed by atoms with van der Waals surface area (Å²) in [7, 11) is 0. The molecule has 1 saturated heterocycles. The number of furan rings is 1. The number of aromatic amines is 1. The van der Waals surface area contributed by atoms with E-state index in [2.05, 4.69) is 27.0 Å². The standard InChI is InChI=1S/C22H22BrN3O3/c23-17-4-1-3-15-16-13-26(11-8-18(16)24-20(15)17)21(27)14-6-9-25(10-7-14)22(28)19-5-2-12-29-19/h1-5,12,14,24H,6-11,13H2. The second kappa shape index (κ2) is 7.37. The van der Waals surface area contributed by atoms with Gasteiger partial charge in [0.1, 0.15) is 0 Å². The molecule has 2 aliphatic heterocycles. The lowest BCUT2D eigenvalue weighted by atomic mass is 9.93. The Balaban J connectivity index is 1.26. The number of nitrogens with one attached hydrogen (secondary N) is 1. The molecule has 4 heterocycles. The summed E-state index contributed by atoms with van der Waals surface area (Å²) in [5.74, 6) is 0.468. The molecule has 150 valence electrons. The molecule has 6 nitrogen and oxygen atoms in total. The molecule has 0 bridgehead atoms. The summed E-state index contributed by atoms with van der Waals surface area (Å²) in [5.41, 5.74) is 3.57. The topological polar surface area (TPSA) is 69.6 Å². The number of carbonyl (C=O) groups excluding carboxylic acids is 2. The summed E-state index contributed by atoms with van der Waals surface area (Å²) in [5, 5.41) is 1.19. The number of hydrogen-bond acceptors (Lipinski definition) is 3. The van der Waals surface area contributed by atoms with E-state index in [1.54, 1.807) is 17.0 Å². The van der Waals surface area contributed by atoms with Crippen molar-refractivity contribution >= 4 is 38.6 Å². The number of hydrogen-bond donors (Lipinski definition) is 1. The predicted octanol–water partition coefficient (Wildman–Crippen LogP) is 3.96. The van der Waals surface area contributed by atoms with Crippen LogP contribution in [0.4, 0.5) is 0 Å². The number of nitrogens with zero attached hydrogens (tertiary/aromatic N) is 2. The summed E-state index contributed by atoms with van der Waals surface area (Å²) < 4.78 is 6.27. The Labute approximate surface area is 177 Å². The molecule has 0 unspecified atom stereocenters. The maximum atomic E-state index is 13.2. The summed E-state index contributed by atoms with van der Waals surface area (Å²) in [6, 6.07) is 9.59. The minimum Gasteiger partial charge on any atom is -0.459 e. The number of para-hydroxylation sites is 1. The van der Waals surface area contributed by atoms with Crippen molar-refractivity contribution in [2.75, 3.05) is 19.6 Å². The second-order valence-electron chi connectivity index (χ2n) is 7.80. The zero-order valence-corrected chi connectivity index (χ0v) is 17.6. The monoisotopic (exact) mass is 455 g/mol. The molecule has 29 heavy (non-hydrogen) atoms. The van der Waals surface area contributed by atoms with E-state index in [1.807, 2.05) is 17.0 Å². The third kappa shape index (κ3) is 3.27. The predicted molar refractivity (Wildman–Crippen MR) is 112 cm³/mol. The Kier molecular flexibility index (Phi) is 4.70. The zero-order valence-electron chi connectivity index (χ0n) is 16.0. The minimum atomic E-state index is -0.0899. The van der Waals surface area contributed by atoms with Crippen LogP contribution in [0, 0.1) is 5.92 Å². The van der Waals surface area contributed by atoms with Crippen LogP contribution in [-0.4, -0.2) is 46.2 Å². The van der Waals surface area contributed by atoms with Crippen molar-refractivity contribution in [3.05, 3.63) is 58.1 Å². The van der Waals surface area contributed by atoms with Crippen LogP contribution in [-0.2, 0) is 17.8 Å². The van der Waals surface area contributed by atoms with Crippen LogP contribution in [0.15, 0.2) is 45.5 Å². The van der Waals surface area contributed by atoms with E-state index < -0.39 is 0 Å². The fourth-order valence-electron chi connectivity index (χ4n) is 4.53. The molecular formula is C22H22BrN3O3. The highest BCUT2D eigenvalue weighted by Crippen LogP contribution is 2.33. The van der Waals surface area contributed by atoms with Crippen LogP contribution in [0.3, 0.4) is 0 Å². The van der Waals surface area contributed by atoms with Crippen LogP contribution in [0.5, 0.6) is 0 Å². The van der Waals surface area contributed by atoms with Gasteiger partial charge in [-0.1, -0.05) is 12.1 Å². The Morgan fingerprint density at radius 2 is 1.90 bits per heavy atom. The average molecular weight is 456 g/mol. The fourth-order valence-corrected chi connectivity index (χ4v) is 5.00. The van der Waals surface area contributed by atoms with E-state index >= 15 is 0 Å². The quantitative estimate of drug-likeness (QED) is 0.635. The van der Waals surface area contributed by atoms with Gasteiger partial charge in [-0.3, -0.25) is 9.59 Å². The molecule has 0 saturated carbocycles. The number of fused-ring (bicyclic) bond motifs is 3. The maximum Gasteiger partial charge on any atom is 0.289 e. The number of rotatable bonds is 2. The van der Waals surface area contributed by atoms with Gasteiger partial charge in [0.2, 0.25) is 5.91 Å². The van der Waals surface area contributed by atoms with Crippen molar-refractivity contribution in [1.29, 1.82) is 0 Å². The minimum absolute atomic E-state index is 0.0193.